The predicted octanol–water partition coefficient (Wildman–Crippen LogP) is -0.186. The maximum absolute atomic E-state index is 11.6. The maximum Gasteiger partial charge on any atom is 0.321 e. The van der Waals surface area contributed by atoms with Crippen molar-refractivity contribution < 1.29 is 19.2 Å². The summed E-state index contributed by atoms with van der Waals surface area (Å²) in [6.45, 7) is 5.09. The van der Waals surface area contributed by atoms with Crippen molar-refractivity contribution in [2.24, 2.45) is 0 Å². The number of imide groups is 1. The van der Waals surface area contributed by atoms with Gasteiger partial charge < -0.3 is 15.0 Å². The van der Waals surface area contributed by atoms with Gasteiger partial charge in [-0.05, 0) is 26.0 Å². The number of urea groups is 1. The van der Waals surface area contributed by atoms with Gasteiger partial charge in [-0.1, -0.05) is 18.2 Å². The minimum absolute atomic E-state index is 0.00199. The van der Waals surface area contributed by atoms with Crippen LogP contribution in [0.1, 0.15) is 13.8 Å². The van der Waals surface area contributed by atoms with Crippen LogP contribution in [0.2, 0.25) is 0 Å². The number of hydrogen-bond donors (Lipinski definition) is 3. The van der Waals surface area contributed by atoms with Gasteiger partial charge in [0.1, 0.15) is 18.9 Å². The van der Waals surface area contributed by atoms with Crippen LogP contribution in [0.4, 0.5) is 4.79 Å². The van der Waals surface area contributed by atoms with Gasteiger partial charge in [0, 0.05) is 6.04 Å². The average Bonchev–Trinajstić information content (AvgIpc) is 2.38. The van der Waals surface area contributed by atoms with E-state index in [0.717, 1.165) is 10.6 Å². The van der Waals surface area contributed by atoms with Crippen LogP contribution >= 0.6 is 0 Å². The Kier molecular flexibility index (Phi) is 7.25. The van der Waals surface area contributed by atoms with Gasteiger partial charge >= 0.3 is 6.03 Å². The topological polar surface area (TPSA) is 71.9 Å². The first kappa shape index (κ1) is 17.0. The van der Waals surface area contributed by atoms with Crippen LogP contribution in [-0.2, 0) is 4.79 Å². The van der Waals surface area contributed by atoms with Gasteiger partial charge in [-0.2, -0.15) is 0 Å². The Bertz CT molecular complexity index is 449. The molecular formula is C15H24N3O3+. The number of likely N-dealkylation sites (N-methyl/N-ethyl adjacent to an activating group) is 1. The van der Waals surface area contributed by atoms with Gasteiger partial charge in [-0.15, -0.1) is 0 Å². The van der Waals surface area contributed by atoms with Gasteiger partial charge in [0.05, 0.1) is 7.05 Å². The molecule has 6 heteroatoms. The van der Waals surface area contributed by atoms with E-state index in [0.29, 0.717) is 13.2 Å². The lowest BCUT2D eigenvalue weighted by molar-refractivity contribution is -0.871. The number of amides is 3. The third-order valence-electron chi connectivity index (χ3n) is 2.68. The fourth-order valence-electron chi connectivity index (χ4n) is 1.69. The molecule has 0 heterocycles. The van der Waals surface area contributed by atoms with Crippen LogP contribution in [0.25, 0.3) is 0 Å². The standard InChI is InChI=1S/C15H23N3O3/c1-12(2)16-15(20)17-14(19)11-18(3)9-10-21-13-7-5-4-6-8-13/h4-8,12H,9-11H2,1-3H3,(H2,16,17,19,20)/p+1. The van der Waals surface area contributed by atoms with Crippen molar-refractivity contribution >= 4 is 11.9 Å². The Hall–Kier alpha value is -2.08. The number of carbonyl (C=O) groups is 2. The van der Waals surface area contributed by atoms with Crippen LogP contribution < -0.4 is 20.3 Å². The molecule has 21 heavy (non-hydrogen) atoms. The van der Waals surface area contributed by atoms with Crippen molar-refractivity contribution in [3.8, 4) is 5.75 Å². The van der Waals surface area contributed by atoms with Crippen molar-refractivity contribution in [3.63, 3.8) is 0 Å². The second kappa shape index (κ2) is 8.97. The van der Waals surface area contributed by atoms with Crippen LogP contribution in [0.15, 0.2) is 30.3 Å². The first-order chi connectivity index (χ1) is 9.97. The summed E-state index contributed by atoms with van der Waals surface area (Å²) in [6, 6.07) is 9.07. The number of hydrogen-bond acceptors (Lipinski definition) is 3. The smallest absolute Gasteiger partial charge is 0.321 e. The molecule has 1 atom stereocenters. The Morgan fingerprint density at radius 2 is 1.90 bits per heavy atom. The molecule has 0 fully saturated rings. The van der Waals surface area contributed by atoms with Crippen molar-refractivity contribution in [2.75, 3.05) is 26.7 Å². The SMILES string of the molecule is CC(C)NC(=O)NC(=O)C[NH+](C)CCOc1ccccc1. The van der Waals surface area contributed by atoms with E-state index in [1.54, 1.807) is 0 Å². The second-order valence-corrected chi connectivity index (χ2v) is 5.22. The van der Waals surface area contributed by atoms with Crippen LogP contribution in [0.3, 0.4) is 0 Å². The fourth-order valence-corrected chi connectivity index (χ4v) is 1.69. The minimum atomic E-state index is -0.455. The summed E-state index contributed by atoms with van der Waals surface area (Å²) in [5.41, 5.74) is 0. The molecule has 0 radical (unpaired) electrons. The molecule has 116 valence electrons. The summed E-state index contributed by atoms with van der Waals surface area (Å²) < 4.78 is 5.56. The van der Waals surface area contributed by atoms with Gasteiger partial charge in [0.15, 0.2) is 6.54 Å². The van der Waals surface area contributed by atoms with E-state index in [4.69, 9.17) is 4.74 Å². The number of quaternary nitrogens is 1. The van der Waals surface area contributed by atoms with Crippen molar-refractivity contribution in [1.29, 1.82) is 0 Å². The predicted molar refractivity (Wildman–Crippen MR) is 80.4 cm³/mol. The zero-order chi connectivity index (χ0) is 15.7. The zero-order valence-electron chi connectivity index (χ0n) is 12.8. The van der Waals surface area contributed by atoms with Gasteiger partial charge in [-0.3, -0.25) is 10.1 Å². The molecule has 3 amide bonds. The monoisotopic (exact) mass is 294 g/mol. The fraction of sp³-hybridized carbons (Fsp3) is 0.467. The molecule has 1 unspecified atom stereocenters. The summed E-state index contributed by atoms with van der Waals surface area (Å²) in [5, 5.41) is 4.91. The Balaban J connectivity index is 2.19. The third-order valence-corrected chi connectivity index (χ3v) is 2.68. The molecule has 0 bridgehead atoms. The van der Waals surface area contributed by atoms with Crippen LogP contribution in [0, 0.1) is 0 Å². The van der Waals surface area contributed by atoms with Crippen molar-refractivity contribution in [2.45, 2.75) is 19.9 Å². The molecule has 0 spiro atoms. The molecule has 1 aromatic rings. The number of para-hydroxylation sites is 1. The van der Waals surface area contributed by atoms with Crippen LogP contribution in [0.5, 0.6) is 5.75 Å². The molecule has 3 N–H and O–H groups in total. The summed E-state index contributed by atoms with van der Waals surface area (Å²) >= 11 is 0. The van der Waals surface area contributed by atoms with Gasteiger partial charge in [0.25, 0.3) is 5.91 Å². The molecule has 0 aliphatic heterocycles. The van der Waals surface area contributed by atoms with E-state index < -0.39 is 6.03 Å². The largest absolute Gasteiger partial charge is 0.488 e. The molecule has 0 aliphatic carbocycles. The van der Waals surface area contributed by atoms with E-state index >= 15 is 0 Å². The van der Waals surface area contributed by atoms with E-state index in [1.807, 2.05) is 51.2 Å². The number of carbonyl (C=O) groups excluding carboxylic acids is 2. The quantitative estimate of drug-likeness (QED) is 0.653. The van der Waals surface area contributed by atoms with E-state index in [-0.39, 0.29) is 18.5 Å². The molecule has 0 aromatic heterocycles. The highest BCUT2D eigenvalue weighted by Gasteiger charge is 2.13. The first-order valence-electron chi connectivity index (χ1n) is 7.07. The summed E-state index contributed by atoms with van der Waals surface area (Å²) in [7, 11) is 1.88. The normalized spacial score (nSPS) is 11.8. The Morgan fingerprint density at radius 3 is 2.52 bits per heavy atom. The van der Waals surface area contributed by atoms with E-state index in [1.165, 1.54) is 0 Å². The lowest BCUT2D eigenvalue weighted by atomic mass is 10.3. The molecule has 0 aliphatic rings. The average molecular weight is 294 g/mol. The van der Waals surface area contributed by atoms with Crippen LogP contribution in [-0.4, -0.2) is 44.7 Å². The molecule has 6 nitrogen and oxygen atoms in total. The maximum atomic E-state index is 11.6. The molecule has 1 rings (SSSR count). The molecular weight excluding hydrogens is 270 g/mol. The number of rotatable bonds is 7. The minimum Gasteiger partial charge on any atom is -0.488 e. The highest BCUT2D eigenvalue weighted by molar-refractivity contribution is 5.94. The van der Waals surface area contributed by atoms with Crippen molar-refractivity contribution in [3.05, 3.63) is 30.3 Å². The first-order valence-corrected chi connectivity index (χ1v) is 7.07. The van der Waals surface area contributed by atoms with Gasteiger partial charge in [0.2, 0.25) is 0 Å². The number of ether oxygens (including phenoxy) is 1. The second-order valence-electron chi connectivity index (χ2n) is 5.22. The summed E-state index contributed by atoms with van der Waals surface area (Å²) in [4.78, 5) is 24.0. The Morgan fingerprint density at radius 1 is 1.24 bits per heavy atom. The zero-order valence-corrected chi connectivity index (χ0v) is 12.8. The lowest BCUT2D eigenvalue weighted by Crippen LogP contribution is -3.10. The lowest BCUT2D eigenvalue weighted by Gasteiger charge is -2.14. The third kappa shape index (κ3) is 7.94. The molecule has 0 saturated carbocycles. The van der Waals surface area contributed by atoms with Gasteiger partial charge in [-0.25, -0.2) is 4.79 Å². The summed E-state index contributed by atoms with van der Waals surface area (Å²) in [5.74, 6) is 0.511. The number of benzene rings is 1. The van der Waals surface area contributed by atoms with E-state index in [2.05, 4.69) is 10.6 Å². The number of nitrogens with one attached hydrogen (secondary N) is 3. The van der Waals surface area contributed by atoms with E-state index in [9.17, 15) is 9.59 Å². The highest BCUT2D eigenvalue weighted by atomic mass is 16.5. The highest BCUT2D eigenvalue weighted by Crippen LogP contribution is 2.06. The Labute approximate surface area is 125 Å². The molecule has 1 aromatic carbocycles. The summed E-state index contributed by atoms with van der Waals surface area (Å²) in [6.07, 6.45) is 0. The molecule has 0 saturated heterocycles. The van der Waals surface area contributed by atoms with Crippen molar-refractivity contribution in [1.82, 2.24) is 10.6 Å².